The van der Waals surface area contributed by atoms with Crippen molar-refractivity contribution in [2.45, 2.75) is 56.4 Å². The molecule has 3 heterocycles. The Balaban J connectivity index is 0.00000320. The first-order valence-corrected chi connectivity index (χ1v) is 10.2. The van der Waals surface area contributed by atoms with Crippen LogP contribution in [0.1, 0.15) is 37.7 Å². The summed E-state index contributed by atoms with van der Waals surface area (Å²) >= 11 is 5.84. The van der Waals surface area contributed by atoms with Gasteiger partial charge in [0.1, 0.15) is 11.6 Å². The SMILES string of the molecule is CN=C(NCCOc1ncc(C(F)(F)F)cc1Cl)NC1CC2CCCC(C1)N2C.I. The van der Waals surface area contributed by atoms with Crippen molar-refractivity contribution in [2.24, 2.45) is 4.99 Å². The maximum Gasteiger partial charge on any atom is 0.417 e. The minimum atomic E-state index is -4.48. The second-order valence-corrected chi connectivity index (χ2v) is 7.98. The Morgan fingerprint density at radius 3 is 2.57 bits per heavy atom. The first-order chi connectivity index (χ1) is 13.8. The van der Waals surface area contributed by atoms with E-state index in [1.807, 2.05) is 0 Å². The molecule has 2 fully saturated rings. The van der Waals surface area contributed by atoms with E-state index in [2.05, 4.69) is 32.6 Å². The number of fused-ring (bicyclic) bond motifs is 2. The van der Waals surface area contributed by atoms with Crippen LogP contribution in [0.4, 0.5) is 13.2 Å². The first-order valence-electron chi connectivity index (χ1n) is 9.82. The van der Waals surface area contributed by atoms with E-state index in [4.69, 9.17) is 16.3 Å². The van der Waals surface area contributed by atoms with Crippen molar-refractivity contribution < 1.29 is 17.9 Å². The van der Waals surface area contributed by atoms with Gasteiger partial charge in [-0.15, -0.1) is 24.0 Å². The lowest BCUT2D eigenvalue weighted by atomic mass is 9.82. The third kappa shape index (κ3) is 6.49. The topological polar surface area (TPSA) is 61.8 Å². The number of piperidine rings is 2. The van der Waals surface area contributed by atoms with Gasteiger partial charge in [0.05, 0.1) is 12.1 Å². The van der Waals surface area contributed by atoms with Crippen LogP contribution in [0.5, 0.6) is 5.88 Å². The van der Waals surface area contributed by atoms with Crippen LogP contribution in [0.2, 0.25) is 5.02 Å². The van der Waals surface area contributed by atoms with E-state index in [1.165, 1.54) is 19.3 Å². The lowest BCUT2D eigenvalue weighted by Gasteiger charge is -2.47. The van der Waals surface area contributed by atoms with E-state index < -0.39 is 11.7 Å². The molecule has 0 aromatic carbocycles. The predicted octanol–water partition coefficient (Wildman–Crippen LogP) is 3.93. The number of nitrogens with zero attached hydrogens (tertiary/aromatic N) is 3. The van der Waals surface area contributed by atoms with Crippen LogP contribution in [0, 0.1) is 0 Å². The van der Waals surface area contributed by atoms with Crippen molar-refractivity contribution in [3.8, 4) is 5.88 Å². The molecule has 6 nitrogen and oxygen atoms in total. The molecule has 2 saturated heterocycles. The molecular formula is C19H28ClF3IN5O. The fourth-order valence-corrected chi connectivity index (χ4v) is 4.35. The van der Waals surface area contributed by atoms with E-state index in [0.29, 0.717) is 36.8 Å². The summed E-state index contributed by atoms with van der Waals surface area (Å²) in [5.74, 6) is 0.667. The van der Waals surface area contributed by atoms with Gasteiger partial charge < -0.3 is 20.3 Å². The lowest BCUT2D eigenvalue weighted by Crippen LogP contribution is -2.56. The highest BCUT2D eigenvalue weighted by Crippen LogP contribution is 2.33. The molecule has 0 aliphatic carbocycles. The largest absolute Gasteiger partial charge is 0.475 e. The minimum absolute atomic E-state index is 0. The smallest absolute Gasteiger partial charge is 0.417 e. The molecule has 1 aromatic rings. The predicted molar refractivity (Wildman–Crippen MR) is 122 cm³/mol. The van der Waals surface area contributed by atoms with Crippen LogP contribution in [0.25, 0.3) is 0 Å². The van der Waals surface area contributed by atoms with Crippen LogP contribution in [0.15, 0.2) is 17.3 Å². The standard InChI is InChI=1S/C19H27ClF3N5O.HI/c1-24-18(27-13-9-14-4-3-5-15(10-13)28(14)2)25-6-7-29-17-16(20)8-12(11-26-17)19(21,22)23;/h8,11,13-15H,3-7,9-10H2,1-2H3,(H2,24,25,27);1H. The van der Waals surface area contributed by atoms with Gasteiger partial charge in [0.2, 0.25) is 5.88 Å². The van der Waals surface area contributed by atoms with Crippen molar-refractivity contribution in [3.63, 3.8) is 0 Å². The van der Waals surface area contributed by atoms with Gasteiger partial charge in [0.25, 0.3) is 0 Å². The zero-order valence-electron chi connectivity index (χ0n) is 17.0. The fraction of sp³-hybridized carbons (Fsp3) is 0.684. The van der Waals surface area contributed by atoms with E-state index in [9.17, 15) is 13.2 Å². The third-order valence-electron chi connectivity index (χ3n) is 5.67. The lowest BCUT2D eigenvalue weighted by molar-refractivity contribution is -0.137. The Bertz CT molecular complexity index is 723. The molecule has 11 heteroatoms. The number of rotatable bonds is 5. The number of hydrogen-bond acceptors (Lipinski definition) is 4. The molecule has 0 saturated carbocycles. The van der Waals surface area contributed by atoms with Crippen LogP contribution < -0.4 is 15.4 Å². The van der Waals surface area contributed by atoms with Crippen molar-refractivity contribution in [1.82, 2.24) is 20.5 Å². The number of pyridine rings is 1. The molecular weight excluding hydrogens is 534 g/mol. The zero-order valence-corrected chi connectivity index (χ0v) is 20.1. The van der Waals surface area contributed by atoms with E-state index >= 15 is 0 Å². The maximum atomic E-state index is 12.7. The highest BCUT2D eigenvalue weighted by atomic mass is 127. The molecule has 0 radical (unpaired) electrons. The number of halogens is 5. The molecule has 3 rings (SSSR count). The molecule has 1 aromatic heterocycles. The average Bonchev–Trinajstić information content (AvgIpc) is 2.65. The Morgan fingerprint density at radius 2 is 2.00 bits per heavy atom. The second kappa shape index (κ2) is 11.0. The van der Waals surface area contributed by atoms with Gasteiger partial charge in [-0.05, 0) is 38.8 Å². The van der Waals surface area contributed by atoms with Gasteiger partial charge in [-0.3, -0.25) is 4.99 Å². The van der Waals surface area contributed by atoms with Crippen molar-refractivity contribution >= 4 is 41.5 Å². The van der Waals surface area contributed by atoms with E-state index in [-0.39, 0.29) is 41.5 Å². The molecule has 30 heavy (non-hydrogen) atoms. The Morgan fingerprint density at radius 1 is 1.33 bits per heavy atom. The highest BCUT2D eigenvalue weighted by Gasteiger charge is 2.36. The Kier molecular flexibility index (Phi) is 9.29. The summed E-state index contributed by atoms with van der Waals surface area (Å²) in [6.07, 6.45) is 2.20. The summed E-state index contributed by atoms with van der Waals surface area (Å²) < 4.78 is 43.4. The van der Waals surface area contributed by atoms with Gasteiger partial charge in [0.15, 0.2) is 5.96 Å². The molecule has 0 amide bonds. The minimum Gasteiger partial charge on any atom is -0.475 e. The molecule has 2 bridgehead atoms. The summed E-state index contributed by atoms with van der Waals surface area (Å²) in [5, 5.41) is 6.48. The molecule has 2 unspecified atom stereocenters. The zero-order chi connectivity index (χ0) is 21.0. The number of alkyl halides is 3. The summed E-state index contributed by atoms with van der Waals surface area (Å²) in [6.45, 7) is 0.607. The molecule has 2 atom stereocenters. The second-order valence-electron chi connectivity index (χ2n) is 7.57. The van der Waals surface area contributed by atoms with Gasteiger partial charge in [-0.2, -0.15) is 13.2 Å². The number of aliphatic imine (C=N–C) groups is 1. The summed E-state index contributed by atoms with van der Waals surface area (Å²) in [6, 6.07) is 2.43. The van der Waals surface area contributed by atoms with Gasteiger partial charge >= 0.3 is 6.18 Å². The number of guanidine groups is 1. The normalized spacial score (nSPS) is 24.7. The molecule has 170 valence electrons. The monoisotopic (exact) mass is 561 g/mol. The quantitative estimate of drug-likeness (QED) is 0.247. The molecule has 2 aliphatic rings. The summed E-state index contributed by atoms with van der Waals surface area (Å²) in [4.78, 5) is 10.4. The van der Waals surface area contributed by atoms with Gasteiger partial charge in [-0.1, -0.05) is 18.0 Å². The summed E-state index contributed by atoms with van der Waals surface area (Å²) in [7, 11) is 3.93. The van der Waals surface area contributed by atoms with Crippen LogP contribution in [0.3, 0.4) is 0 Å². The number of ether oxygens (including phenoxy) is 1. The van der Waals surface area contributed by atoms with Crippen molar-refractivity contribution in [1.29, 1.82) is 0 Å². The van der Waals surface area contributed by atoms with Gasteiger partial charge in [-0.25, -0.2) is 4.98 Å². The summed E-state index contributed by atoms with van der Waals surface area (Å²) in [5.41, 5.74) is -0.902. The maximum absolute atomic E-state index is 12.7. The number of hydrogen-bond donors (Lipinski definition) is 2. The average molecular weight is 562 g/mol. The molecule has 0 spiro atoms. The van der Waals surface area contributed by atoms with Gasteiger partial charge in [0, 0.05) is 31.4 Å². The highest BCUT2D eigenvalue weighted by molar-refractivity contribution is 14.0. The number of nitrogens with one attached hydrogen (secondary N) is 2. The first kappa shape index (κ1) is 25.3. The van der Waals surface area contributed by atoms with E-state index in [0.717, 1.165) is 18.9 Å². The molecule has 2 N–H and O–H groups in total. The fourth-order valence-electron chi connectivity index (χ4n) is 4.13. The number of aromatic nitrogens is 1. The van der Waals surface area contributed by atoms with Crippen molar-refractivity contribution in [3.05, 3.63) is 22.8 Å². The van der Waals surface area contributed by atoms with Crippen LogP contribution in [-0.2, 0) is 6.18 Å². The van der Waals surface area contributed by atoms with E-state index in [1.54, 1.807) is 7.05 Å². The third-order valence-corrected chi connectivity index (χ3v) is 5.94. The Labute approximate surface area is 197 Å². The Hall–Kier alpha value is -1.01. The van der Waals surface area contributed by atoms with Crippen LogP contribution in [-0.4, -0.2) is 61.2 Å². The van der Waals surface area contributed by atoms with Crippen LogP contribution >= 0.6 is 35.6 Å². The van der Waals surface area contributed by atoms with Crippen molar-refractivity contribution in [2.75, 3.05) is 27.2 Å². The molecule has 2 aliphatic heterocycles.